The fourth-order valence-corrected chi connectivity index (χ4v) is 2.34. The average molecular weight is 315 g/mol. The van der Waals surface area contributed by atoms with Crippen molar-refractivity contribution in [1.29, 1.82) is 0 Å². The molecule has 1 heterocycles. The smallest absolute Gasteiger partial charge is 0.306 e. The number of anilines is 1. The van der Waals surface area contributed by atoms with Crippen LogP contribution in [0.2, 0.25) is 0 Å². The summed E-state index contributed by atoms with van der Waals surface area (Å²) in [4.78, 5) is 22.9. The van der Waals surface area contributed by atoms with E-state index in [1.165, 1.54) is 0 Å². The van der Waals surface area contributed by atoms with E-state index in [1.807, 2.05) is 32.0 Å². The van der Waals surface area contributed by atoms with Gasteiger partial charge in [0.05, 0.1) is 11.6 Å². The summed E-state index contributed by atoms with van der Waals surface area (Å²) in [5.74, 6) is -1.39. The number of aromatic nitrogens is 2. The summed E-state index contributed by atoms with van der Waals surface area (Å²) < 4.78 is 1.66. The lowest BCUT2D eigenvalue weighted by atomic mass is 10.0. The van der Waals surface area contributed by atoms with E-state index in [4.69, 9.17) is 5.11 Å². The predicted molar refractivity (Wildman–Crippen MR) is 87.3 cm³/mol. The Morgan fingerprint density at radius 1 is 1.26 bits per heavy atom. The first-order valence-electron chi connectivity index (χ1n) is 7.48. The van der Waals surface area contributed by atoms with Gasteiger partial charge in [0.2, 0.25) is 5.91 Å². The average Bonchev–Trinajstić information content (AvgIpc) is 2.78. The SMILES string of the molecule is Cc1cc(C)n(CC(=O)Nc2ccc(C[C@@H](C)C(=O)O)cc2)n1. The van der Waals surface area contributed by atoms with Gasteiger partial charge in [0.1, 0.15) is 6.54 Å². The molecule has 122 valence electrons. The zero-order valence-corrected chi connectivity index (χ0v) is 13.5. The highest BCUT2D eigenvalue weighted by atomic mass is 16.4. The Bertz CT molecular complexity index is 704. The molecule has 0 radical (unpaired) electrons. The highest BCUT2D eigenvalue weighted by Crippen LogP contribution is 2.14. The fraction of sp³-hybridized carbons (Fsp3) is 0.353. The molecule has 0 aliphatic carbocycles. The van der Waals surface area contributed by atoms with Crippen LogP contribution in [0.3, 0.4) is 0 Å². The lowest BCUT2D eigenvalue weighted by molar-refractivity contribution is -0.141. The number of aliphatic carboxylic acids is 1. The molecule has 0 bridgehead atoms. The number of rotatable bonds is 6. The van der Waals surface area contributed by atoms with E-state index in [0.717, 1.165) is 17.0 Å². The number of carbonyl (C=O) groups is 2. The Morgan fingerprint density at radius 3 is 2.43 bits per heavy atom. The number of nitrogens with zero attached hydrogens (tertiary/aromatic N) is 2. The Hall–Kier alpha value is -2.63. The largest absolute Gasteiger partial charge is 0.481 e. The molecule has 0 saturated carbocycles. The van der Waals surface area contributed by atoms with E-state index in [2.05, 4.69) is 10.4 Å². The standard InChI is InChI=1S/C17H21N3O3/c1-11(17(22)23)8-14-4-6-15(7-5-14)18-16(21)10-20-13(3)9-12(2)19-20/h4-7,9,11H,8,10H2,1-3H3,(H,18,21)(H,22,23)/t11-/m1/s1. The van der Waals surface area contributed by atoms with Crippen LogP contribution in [0.1, 0.15) is 23.9 Å². The molecule has 0 aliphatic heterocycles. The third-order valence-corrected chi connectivity index (χ3v) is 3.60. The summed E-state index contributed by atoms with van der Waals surface area (Å²) in [5, 5.41) is 16.0. The van der Waals surface area contributed by atoms with Gasteiger partial charge >= 0.3 is 5.97 Å². The first kappa shape index (κ1) is 16.7. The summed E-state index contributed by atoms with van der Waals surface area (Å²) in [7, 11) is 0. The van der Waals surface area contributed by atoms with E-state index < -0.39 is 11.9 Å². The summed E-state index contributed by atoms with van der Waals surface area (Å²) in [6.45, 7) is 5.63. The van der Waals surface area contributed by atoms with Crippen LogP contribution >= 0.6 is 0 Å². The molecule has 0 saturated heterocycles. The Balaban J connectivity index is 1.94. The van der Waals surface area contributed by atoms with Crippen LogP contribution in [0.5, 0.6) is 0 Å². The number of hydrogen-bond donors (Lipinski definition) is 2. The van der Waals surface area contributed by atoms with Crippen LogP contribution < -0.4 is 5.32 Å². The fourth-order valence-electron chi connectivity index (χ4n) is 2.34. The van der Waals surface area contributed by atoms with Crippen molar-refractivity contribution in [2.45, 2.75) is 33.7 Å². The second-order valence-corrected chi connectivity index (χ2v) is 5.77. The number of amides is 1. The summed E-state index contributed by atoms with van der Waals surface area (Å²) in [6, 6.07) is 9.15. The van der Waals surface area contributed by atoms with Gasteiger partial charge in [-0.1, -0.05) is 19.1 Å². The van der Waals surface area contributed by atoms with Crippen molar-refractivity contribution >= 4 is 17.6 Å². The Kier molecular flexibility index (Phi) is 5.16. The number of aryl methyl sites for hydroxylation is 2. The van der Waals surface area contributed by atoms with Crippen LogP contribution in [0.25, 0.3) is 0 Å². The molecule has 1 aromatic carbocycles. The predicted octanol–water partition coefficient (Wildman–Crippen LogP) is 2.40. The minimum absolute atomic E-state index is 0.150. The van der Waals surface area contributed by atoms with Crippen LogP contribution in [0, 0.1) is 19.8 Å². The summed E-state index contributed by atoms with van der Waals surface area (Å²) in [6.07, 6.45) is 0.468. The lowest BCUT2D eigenvalue weighted by Crippen LogP contribution is -2.20. The first-order chi connectivity index (χ1) is 10.8. The van der Waals surface area contributed by atoms with Crippen LogP contribution in [-0.4, -0.2) is 26.8 Å². The van der Waals surface area contributed by atoms with Gasteiger partial charge in [-0.05, 0) is 44.0 Å². The van der Waals surface area contributed by atoms with Gasteiger partial charge in [0, 0.05) is 11.4 Å². The third-order valence-electron chi connectivity index (χ3n) is 3.60. The number of nitrogens with one attached hydrogen (secondary N) is 1. The van der Waals surface area contributed by atoms with E-state index in [0.29, 0.717) is 12.1 Å². The highest BCUT2D eigenvalue weighted by Gasteiger charge is 2.12. The zero-order valence-electron chi connectivity index (χ0n) is 13.5. The molecule has 0 aliphatic rings. The number of carbonyl (C=O) groups excluding carboxylic acids is 1. The Morgan fingerprint density at radius 2 is 1.91 bits per heavy atom. The molecular formula is C17H21N3O3. The normalized spacial score (nSPS) is 12.0. The molecule has 6 heteroatoms. The minimum atomic E-state index is -0.813. The minimum Gasteiger partial charge on any atom is -0.481 e. The summed E-state index contributed by atoms with van der Waals surface area (Å²) in [5.41, 5.74) is 3.43. The molecule has 1 aromatic heterocycles. The van der Waals surface area contributed by atoms with Crippen molar-refractivity contribution in [3.63, 3.8) is 0 Å². The van der Waals surface area contributed by atoms with Gasteiger partial charge in [-0.2, -0.15) is 5.10 Å². The molecule has 6 nitrogen and oxygen atoms in total. The number of carboxylic acid groups (broad SMARTS) is 1. The highest BCUT2D eigenvalue weighted by molar-refractivity contribution is 5.90. The molecule has 2 rings (SSSR count). The molecule has 1 amide bonds. The Labute approximate surface area is 135 Å². The molecule has 23 heavy (non-hydrogen) atoms. The lowest BCUT2D eigenvalue weighted by Gasteiger charge is -2.09. The zero-order chi connectivity index (χ0) is 17.0. The first-order valence-corrected chi connectivity index (χ1v) is 7.48. The van der Waals surface area contributed by atoms with Crippen molar-refractivity contribution in [1.82, 2.24) is 9.78 Å². The molecule has 2 N–H and O–H groups in total. The van der Waals surface area contributed by atoms with Crippen LogP contribution in [-0.2, 0) is 22.6 Å². The topological polar surface area (TPSA) is 84.2 Å². The third kappa shape index (κ3) is 4.67. The van der Waals surface area contributed by atoms with E-state index in [1.54, 1.807) is 23.7 Å². The van der Waals surface area contributed by atoms with E-state index >= 15 is 0 Å². The van der Waals surface area contributed by atoms with Crippen molar-refractivity contribution in [3.8, 4) is 0 Å². The second-order valence-electron chi connectivity index (χ2n) is 5.77. The van der Waals surface area contributed by atoms with Crippen molar-refractivity contribution in [2.75, 3.05) is 5.32 Å². The number of benzene rings is 1. The van der Waals surface area contributed by atoms with Gasteiger partial charge in [0.15, 0.2) is 0 Å². The molecule has 0 fully saturated rings. The maximum Gasteiger partial charge on any atom is 0.306 e. The van der Waals surface area contributed by atoms with E-state index in [9.17, 15) is 9.59 Å². The number of carboxylic acids is 1. The van der Waals surface area contributed by atoms with Crippen molar-refractivity contribution in [2.24, 2.45) is 5.92 Å². The van der Waals surface area contributed by atoms with E-state index in [-0.39, 0.29) is 12.5 Å². The molecule has 2 aromatic rings. The molecule has 0 unspecified atom stereocenters. The summed E-state index contributed by atoms with van der Waals surface area (Å²) >= 11 is 0. The van der Waals surface area contributed by atoms with Crippen molar-refractivity contribution < 1.29 is 14.7 Å². The molecular weight excluding hydrogens is 294 g/mol. The quantitative estimate of drug-likeness (QED) is 0.857. The van der Waals surface area contributed by atoms with Gasteiger partial charge in [-0.25, -0.2) is 0 Å². The van der Waals surface area contributed by atoms with Gasteiger partial charge in [0.25, 0.3) is 0 Å². The van der Waals surface area contributed by atoms with Crippen LogP contribution in [0.4, 0.5) is 5.69 Å². The maximum absolute atomic E-state index is 12.0. The van der Waals surface area contributed by atoms with Gasteiger partial charge in [-0.3, -0.25) is 14.3 Å². The van der Waals surface area contributed by atoms with Crippen molar-refractivity contribution in [3.05, 3.63) is 47.3 Å². The van der Waals surface area contributed by atoms with Gasteiger partial charge < -0.3 is 10.4 Å². The molecule has 0 spiro atoms. The monoisotopic (exact) mass is 315 g/mol. The number of hydrogen-bond acceptors (Lipinski definition) is 3. The van der Waals surface area contributed by atoms with Crippen LogP contribution in [0.15, 0.2) is 30.3 Å². The maximum atomic E-state index is 12.0. The van der Waals surface area contributed by atoms with Gasteiger partial charge in [-0.15, -0.1) is 0 Å². The molecule has 1 atom stereocenters. The second kappa shape index (κ2) is 7.09.